The molecule has 0 fully saturated rings. The van der Waals surface area contributed by atoms with Crippen LogP contribution in [0, 0.1) is 0 Å². The zero-order chi connectivity index (χ0) is 20.2. The number of Topliss-reactive ketones (excluding diaryl/α,β-unsaturated/α-hetero) is 1. The quantitative estimate of drug-likeness (QED) is 0.307. The minimum atomic E-state index is -0.102. The van der Waals surface area contributed by atoms with Crippen LogP contribution in [0.15, 0.2) is 92.9 Å². The average Bonchev–Trinajstić information content (AvgIpc) is 3.23. The van der Waals surface area contributed by atoms with E-state index < -0.39 is 0 Å². The summed E-state index contributed by atoms with van der Waals surface area (Å²) in [5.74, 6) is 0.432. The number of aliphatic imine (C=N–C) groups is 1. The molecule has 4 rings (SSSR count). The maximum absolute atomic E-state index is 12.4. The van der Waals surface area contributed by atoms with Crippen molar-refractivity contribution in [2.45, 2.75) is 0 Å². The Morgan fingerprint density at radius 2 is 1.76 bits per heavy atom. The number of carbonyl (C=O) groups is 2. The number of ether oxygens (including phenoxy) is 1. The van der Waals surface area contributed by atoms with Crippen LogP contribution in [-0.4, -0.2) is 23.2 Å². The van der Waals surface area contributed by atoms with Gasteiger partial charge in [-0.3, -0.25) is 9.59 Å². The summed E-state index contributed by atoms with van der Waals surface area (Å²) in [6.07, 6.45) is 6.85. The Balaban J connectivity index is 1.54. The molecule has 0 radical (unpaired) electrons. The molecular formula is C22H14BrNO3S2. The summed E-state index contributed by atoms with van der Waals surface area (Å²) >= 11 is 3.36. The number of carbonyl (C=O) groups excluding carboxylic acids is 2. The lowest BCUT2D eigenvalue weighted by Gasteiger charge is -2.10. The fourth-order valence-electron chi connectivity index (χ4n) is 2.69. The highest BCUT2D eigenvalue weighted by molar-refractivity contribution is 9.10. The molecule has 7 heteroatoms. The topological polar surface area (TPSA) is 55.7 Å². The second kappa shape index (κ2) is 8.98. The fraction of sp³-hybridized carbons (Fsp3) is 0.0455. The molecule has 0 bridgehead atoms. The van der Waals surface area contributed by atoms with Gasteiger partial charge in [0.1, 0.15) is 15.8 Å². The number of nitrogens with zero attached hydrogens (tertiary/aromatic N) is 1. The molecule has 0 saturated heterocycles. The number of rotatable bonds is 5. The predicted octanol–water partition coefficient (Wildman–Crippen LogP) is 5.76. The van der Waals surface area contributed by atoms with Crippen LogP contribution in [0.2, 0.25) is 0 Å². The van der Waals surface area contributed by atoms with E-state index in [0.717, 1.165) is 15.1 Å². The molecule has 0 aromatic heterocycles. The second-order valence-electron chi connectivity index (χ2n) is 6.10. The van der Waals surface area contributed by atoms with Crippen molar-refractivity contribution in [3.63, 3.8) is 0 Å². The molecule has 2 aromatic carbocycles. The highest BCUT2D eigenvalue weighted by Crippen LogP contribution is 2.45. The molecule has 144 valence electrons. The van der Waals surface area contributed by atoms with Crippen LogP contribution in [0.5, 0.6) is 5.75 Å². The molecule has 1 aliphatic heterocycles. The molecule has 2 aromatic rings. The van der Waals surface area contributed by atoms with Gasteiger partial charge in [0, 0.05) is 15.6 Å². The highest BCUT2D eigenvalue weighted by atomic mass is 79.9. The first-order valence-corrected chi connectivity index (χ1v) is 11.6. The number of allylic oxidation sites excluding steroid dienone is 5. The second-order valence-corrected chi connectivity index (χ2v) is 9.12. The Hall–Kier alpha value is -2.35. The van der Waals surface area contributed by atoms with E-state index in [9.17, 15) is 9.59 Å². The van der Waals surface area contributed by atoms with Crippen molar-refractivity contribution in [2.75, 3.05) is 6.61 Å². The van der Waals surface area contributed by atoms with Crippen molar-refractivity contribution < 1.29 is 14.3 Å². The Bertz CT molecular complexity index is 1100. The van der Waals surface area contributed by atoms with Gasteiger partial charge < -0.3 is 4.74 Å². The number of halogens is 1. The molecular weight excluding hydrogens is 470 g/mol. The number of para-hydroxylation sites is 1. The van der Waals surface area contributed by atoms with Gasteiger partial charge in [-0.25, -0.2) is 4.99 Å². The van der Waals surface area contributed by atoms with Crippen LogP contribution in [0.4, 0.5) is 0 Å². The smallest absolute Gasteiger partial charge is 0.200 e. The van der Waals surface area contributed by atoms with Crippen LogP contribution >= 0.6 is 37.5 Å². The van der Waals surface area contributed by atoms with Gasteiger partial charge in [-0.05, 0) is 58.0 Å². The van der Waals surface area contributed by atoms with Crippen molar-refractivity contribution in [3.05, 3.63) is 99.0 Å². The van der Waals surface area contributed by atoms with Gasteiger partial charge >= 0.3 is 0 Å². The van der Waals surface area contributed by atoms with E-state index in [1.807, 2.05) is 42.5 Å². The minimum Gasteiger partial charge on any atom is -0.485 e. The minimum absolute atomic E-state index is 0.0507. The maximum Gasteiger partial charge on any atom is 0.200 e. The van der Waals surface area contributed by atoms with Crippen LogP contribution in [-0.2, 0) is 4.79 Å². The van der Waals surface area contributed by atoms with E-state index in [2.05, 4.69) is 20.9 Å². The fourth-order valence-corrected chi connectivity index (χ4v) is 5.18. The van der Waals surface area contributed by atoms with Crippen LogP contribution in [0.1, 0.15) is 15.9 Å². The van der Waals surface area contributed by atoms with E-state index in [1.54, 1.807) is 24.3 Å². The monoisotopic (exact) mass is 483 g/mol. The first-order valence-electron chi connectivity index (χ1n) is 8.69. The third-order valence-electron chi connectivity index (χ3n) is 4.16. The van der Waals surface area contributed by atoms with Gasteiger partial charge in [-0.1, -0.05) is 52.3 Å². The van der Waals surface area contributed by atoms with E-state index in [1.165, 1.54) is 27.7 Å². The van der Waals surface area contributed by atoms with Gasteiger partial charge in [0.2, 0.25) is 0 Å². The summed E-state index contributed by atoms with van der Waals surface area (Å²) in [4.78, 5) is 29.1. The number of hydrogen-bond acceptors (Lipinski definition) is 6. The van der Waals surface area contributed by atoms with E-state index in [4.69, 9.17) is 4.74 Å². The van der Waals surface area contributed by atoms with Gasteiger partial charge in [0.25, 0.3) is 0 Å². The number of benzene rings is 2. The molecule has 0 saturated carbocycles. The molecule has 4 nitrogen and oxygen atoms in total. The lowest BCUT2D eigenvalue weighted by atomic mass is 10.1. The Morgan fingerprint density at radius 3 is 2.55 bits per heavy atom. The summed E-state index contributed by atoms with van der Waals surface area (Å²) in [5.41, 5.74) is 1.98. The first kappa shape index (κ1) is 19.9. The summed E-state index contributed by atoms with van der Waals surface area (Å²) in [5, 5.41) is 1.43. The van der Waals surface area contributed by atoms with Gasteiger partial charge in [0.05, 0.1) is 5.57 Å². The van der Waals surface area contributed by atoms with Crippen molar-refractivity contribution >= 4 is 54.1 Å². The van der Waals surface area contributed by atoms with Crippen molar-refractivity contribution in [2.24, 2.45) is 4.99 Å². The molecule has 0 amide bonds. The standard InChI is InChI=1S/C22H14BrNO3S2/c23-15-11-9-14(10-12-15)19(26)13-27-20-8-4-2-6-17(20)22-24-21(28-29-22)16-5-1-3-7-18(16)25/h1-12H,13H2/b21-16+. The molecule has 1 heterocycles. The van der Waals surface area contributed by atoms with Crippen LogP contribution in [0.3, 0.4) is 0 Å². The Morgan fingerprint density at radius 1 is 1.00 bits per heavy atom. The van der Waals surface area contributed by atoms with Crippen molar-refractivity contribution in [3.8, 4) is 5.75 Å². The number of hydrogen-bond donors (Lipinski definition) is 0. The number of ketones is 2. The highest BCUT2D eigenvalue weighted by Gasteiger charge is 2.23. The van der Waals surface area contributed by atoms with E-state index in [0.29, 0.717) is 21.9 Å². The molecule has 0 unspecified atom stereocenters. The van der Waals surface area contributed by atoms with Crippen LogP contribution < -0.4 is 4.74 Å². The molecule has 0 N–H and O–H groups in total. The third-order valence-corrected chi connectivity index (χ3v) is 6.91. The SMILES string of the molecule is O=C1C=CC=C/C1=C1/N=C(c2ccccc2OCC(=O)c2ccc(Br)cc2)SS1. The van der Waals surface area contributed by atoms with Gasteiger partial charge in [-0.2, -0.15) is 0 Å². The predicted molar refractivity (Wildman–Crippen MR) is 122 cm³/mol. The molecule has 29 heavy (non-hydrogen) atoms. The zero-order valence-corrected chi connectivity index (χ0v) is 18.2. The van der Waals surface area contributed by atoms with Crippen LogP contribution in [0.25, 0.3) is 0 Å². The molecule has 0 atom stereocenters. The first-order chi connectivity index (χ1) is 14.1. The molecule has 1 aliphatic carbocycles. The van der Waals surface area contributed by atoms with E-state index >= 15 is 0 Å². The average molecular weight is 484 g/mol. The maximum atomic E-state index is 12.4. The van der Waals surface area contributed by atoms with Crippen molar-refractivity contribution in [1.82, 2.24) is 0 Å². The molecule has 2 aliphatic rings. The lowest BCUT2D eigenvalue weighted by Crippen LogP contribution is -2.12. The summed E-state index contributed by atoms with van der Waals surface area (Å²) in [7, 11) is 2.92. The zero-order valence-electron chi connectivity index (χ0n) is 15.0. The lowest BCUT2D eigenvalue weighted by molar-refractivity contribution is -0.111. The molecule has 0 spiro atoms. The van der Waals surface area contributed by atoms with Gasteiger partial charge in [-0.15, -0.1) is 0 Å². The van der Waals surface area contributed by atoms with Crippen molar-refractivity contribution in [1.29, 1.82) is 0 Å². The summed E-state index contributed by atoms with van der Waals surface area (Å²) in [6, 6.07) is 14.6. The van der Waals surface area contributed by atoms with Gasteiger partial charge in [0.15, 0.2) is 18.2 Å². The third kappa shape index (κ3) is 4.63. The normalized spacial score (nSPS) is 18.1. The Labute approximate surface area is 184 Å². The summed E-state index contributed by atoms with van der Waals surface area (Å²) < 4.78 is 6.74. The summed E-state index contributed by atoms with van der Waals surface area (Å²) in [6.45, 7) is -0.0658. The Kier molecular flexibility index (Phi) is 6.18. The van der Waals surface area contributed by atoms with E-state index in [-0.39, 0.29) is 18.2 Å². The largest absolute Gasteiger partial charge is 0.485 e.